The van der Waals surface area contributed by atoms with Gasteiger partial charge in [-0.15, -0.1) is 11.3 Å². The van der Waals surface area contributed by atoms with Crippen molar-refractivity contribution in [2.45, 2.75) is 57.3 Å². The molecule has 1 heterocycles. The van der Waals surface area contributed by atoms with Crippen LogP contribution in [0.2, 0.25) is 0 Å². The first-order valence-electron chi connectivity index (χ1n) is 9.98. The van der Waals surface area contributed by atoms with Crippen molar-refractivity contribution in [2.75, 3.05) is 21.3 Å². The molecular formula is C22H29NO4S. The van der Waals surface area contributed by atoms with Crippen LogP contribution in [0.3, 0.4) is 0 Å². The Labute approximate surface area is 171 Å². The van der Waals surface area contributed by atoms with Crippen molar-refractivity contribution in [2.24, 2.45) is 0 Å². The Morgan fingerprint density at radius 2 is 1.50 bits per heavy atom. The van der Waals surface area contributed by atoms with E-state index in [1.165, 1.54) is 51.4 Å². The maximum atomic E-state index is 13.0. The van der Waals surface area contributed by atoms with Crippen LogP contribution in [-0.2, 0) is 0 Å². The summed E-state index contributed by atoms with van der Waals surface area (Å²) < 4.78 is 16.1. The third kappa shape index (κ3) is 4.66. The van der Waals surface area contributed by atoms with Crippen molar-refractivity contribution < 1.29 is 19.0 Å². The van der Waals surface area contributed by atoms with E-state index in [0.29, 0.717) is 34.4 Å². The van der Waals surface area contributed by atoms with E-state index >= 15 is 0 Å². The van der Waals surface area contributed by atoms with Crippen molar-refractivity contribution in [1.82, 2.24) is 4.98 Å². The van der Waals surface area contributed by atoms with Crippen LogP contribution in [0.15, 0.2) is 17.5 Å². The summed E-state index contributed by atoms with van der Waals surface area (Å²) in [5.41, 5.74) is 0.981. The van der Waals surface area contributed by atoms with Crippen molar-refractivity contribution in [3.05, 3.63) is 33.8 Å². The van der Waals surface area contributed by atoms with Gasteiger partial charge in [0.2, 0.25) is 11.5 Å². The van der Waals surface area contributed by atoms with E-state index in [1.807, 2.05) is 5.38 Å². The summed E-state index contributed by atoms with van der Waals surface area (Å²) in [4.78, 5) is 17.8. The molecule has 0 amide bonds. The van der Waals surface area contributed by atoms with Crippen molar-refractivity contribution in [1.29, 1.82) is 0 Å². The molecule has 0 atom stereocenters. The molecule has 3 rings (SSSR count). The number of hydrogen-bond donors (Lipinski definition) is 0. The minimum absolute atomic E-state index is 0.121. The van der Waals surface area contributed by atoms with Crippen molar-refractivity contribution in [3.8, 4) is 17.2 Å². The van der Waals surface area contributed by atoms with Crippen LogP contribution in [-0.4, -0.2) is 32.1 Å². The Kier molecular flexibility index (Phi) is 7.31. The zero-order valence-electron chi connectivity index (χ0n) is 17.0. The second-order valence-electron chi connectivity index (χ2n) is 7.21. The number of nitrogens with zero attached hydrogens (tertiary/aromatic N) is 1. The Hall–Kier alpha value is -2.08. The van der Waals surface area contributed by atoms with E-state index in [1.54, 1.807) is 44.8 Å². The second kappa shape index (κ2) is 9.92. The van der Waals surface area contributed by atoms with Gasteiger partial charge in [-0.05, 0) is 25.0 Å². The Morgan fingerprint density at radius 1 is 0.929 bits per heavy atom. The molecule has 0 spiro atoms. The standard InChI is InChI=1S/C22H29NO4S/c1-25-18-12-16(13-19(26-2)21(18)27-3)20(24)17-14-28-22(23-17)15-10-8-6-4-5-7-9-11-15/h12-15H,4-11H2,1-3H3. The molecule has 6 heteroatoms. The molecule has 28 heavy (non-hydrogen) atoms. The minimum Gasteiger partial charge on any atom is -0.493 e. The number of hydrogen-bond acceptors (Lipinski definition) is 6. The Balaban J connectivity index is 1.83. The minimum atomic E-state index is -0.121. The molecular weight excluding hydrogens is 374 g/mol. The van der Waals surface area contributed by atoms with Crippen LogP contribution in [0.4, 0.5) is 0 Å². The van der Waals surface area contributed by atoms with Gasteiger partial charge in [0.05, 0.1) is 26.3 Å². The molecule has 0 radical (unpaired) electrons. The molecule has 0 N–H and O–H groups in total. The molecule has 0 unspecified atom stereocenters. The quantitative estimate of drug-likeness (QED) is 0.586. The third-order valence-corrected chi connectivity index (χ3v) is 6.39. The van der Waals surface area contributed by atoms with E-state index in [9.17, 15) is 4.79 Å². The molecule has 1 aliphatic rings. The zero-order valence-corrected chi connectivity index (χ0v) is 17.8. The fourth-order valence-electron chi connectivity index (χ4n) is 3.82. The Bertz CT molecular complexity index is 767. The molecule has 1 aromatic heterocycles. The third-order valence-electron chi connectivity index (χ3n) is 5.39. The number of methoxy groups -OCH3 is 3. The zero-order chi connectivity index (χ0) is 19.9. The normalized spacial score (nSPS) is 16.0. The summed E-state index contributed by atoms with van der Waals surface area (Å²) in [5, 5.41) is 2.98. The first kappa shape index (κ1) is 20.6. The van der Waals surface area contributed by atoms with Crippen LogP contribution < -0.4 is 14.2 Å². The smallest absolute Gasteiger partial charge is 0.212 e. The van der Waals surface area contributed by atoms with Crippen LogP contribution in [0, 0.1) is 0 Å². The molecule has 0 bridgehead atoms. The fraction of sp³-hybridized carbons (Fsp3) is 0.545. The maximum Gasteiger partial charge on any atom is 0.212 e. The molecule has 1 aromatic carbocycles. The summed E-state index contributed by atoms with van der Waals surface area (Å²) in [7, 11) is 4.64. The van der Waals surface area contributed by atoms with Gasteiger partial charge in [0, 0.05) is 16.9 Å². The van der Waals surface area contributed by atoms with Gasteiger partial charge >= 0.3 is 0 Å². The van der Waals surface area contributed by atoms with Gasteiger partial charge in [0.25, 0.3) is 0 Å². The van der Waals surface area contributed by atoms with Gasteiger partial charge in [-0.1, -0.05) is 38.5 Å². The Morgan fingerprint density at radius 3 is 2.04 bits per heavy atom. The number of carbonyl (C=O) groups excluding carboxylic acids is 1. The van der Waals surface area contributed by atoms with E-state index in [4.69, 9.17) is 19.2 Å². The molecule has 152 valence electrons. The molecule has 5 nitrogen and oxygen atoms in total. The van der Waals surface area contributed by atoms with Gasteiger partial charge in [0.15, 0.2) is 11.5 Å². The van der Waals surface area contributed by atoms with E-state index in [2.05, 4.69) is 0 Å². The lowest BCUT2D eigenvalue weighted by Gasteiger charge is -2.13. The van der Waals surface area contributed by atoms with Crippen LogP contribution in [0.1, 0.15) is 78.3 Å². The highest BCUT2D eigenvalue weighted by Gasteiger charge is 2.22. The van der Waals surface area contributed by atoms with Crippen LogP contribution >= 0.6 is 11.3 Å². The average Bonchev–Trinajstić information content (AvgIpc) is 3.25. The highest BCUT2D eigenvalue weighted by molar-refractivity contribution is 7.10. The maximum absolute atomic E-state index is 13.0. The second-order valence-corrected chi connectivity index (χ2v) is 8.10. The lowest BCUT2D eigenvalue weighted by Crippen LogP contribution is -2.06. The number of ether oxygens (including phenoxy) is 3. The summed E-state index contributed by atoms with van der Waals surface area (Å²) in [6, 6.07) is 3.37. The highest BCUT2D eigenvalue weighted by atomic mass is 32.1. The van der Waals surface area contributed by atoms with Gasteiger partial charge < -0.3 is 14.2 Å². The molecule has 0 saturated heterocycles. The molecule has 1 aliphatic carbocycles. The SMILES string of the molecule is COc1cc(C(=O)c2csc(C3CCCCCCCC3)n2)cc(OC)c1OC. The molecule has 2 aromatic rings. The summed E-state index contributed by atoms with van der Waals surface area (Å²) >= 11 is 1.61. The van der Waals surface area contributed by atoms with E-state index in [-0.39, 0.29) is 5.78 Å². The van der Waals surface area contributed by atoms with Crippen molar-refractivity contribution >= 4 is 17.1 Å². The lowest BCUT2D eigenvalue weighted by atomic mass is 9.97. The lowest BCUT2D eigenvalue weighted by molar-refractivity contribution is 0.103. The summed E-state index contributed by atoms with van der Waals surface area (Å²) in [6.45, 7) is 0. The number of ketones is 1. The first-order valence-corrected chi connectivity index (χ1v) is 10.9. The summed E-state index contributed by atoms with van der Waals surface area (Å²) in [5.74, 6) is 1.77. The highest BCUT2D eigenvalue weighted by Crippen LogP contribution is 2.39. The summed E-state index contributed by atoms with van der Waals surface area (Å²) in [6.07, 6.45) is 10.1. The predicted octanol–water partition coefficient (Wildman–Crippen LogP) is 5.62. The molecule has 0 aliphatic heterocycles. The van der Waals surface area contributed by atoms with Gasteiger partial charge in [-0.25, -0.2) is 4.98 Å². The largest absolute Gasteiger partial charge is 0.493 e. The van der Waals surface area contributed by atoms with Gasteiger partial charge in [0.1, 0.15) is 5.69 Å². The number of aromatic nitrogens is 1. The monoisotopic (exact) mass is 403 g/mol. The average molecular weight is 404 g/mol. The molecule has 1 fully saturated rings. The van der Waals surface area contributed by atoms with Gasteiger partial charge in [-0.3, -0.25) is 4.79 Å². The number of rotatable bonds is 6. The number of benzene rings is 1. The van der Waals surface area contributed by atoms with Crippen LogP contribution in [0.5, 0.6) is 17.2 Å². The van der Waals surface area contributed by atoms with E-state index in [0.717, 1.165) is 5.01 Å². The van der Waals surface area contributed by atoms with E-state index < -0.39 is 0 Å². The number of thiazole rings is 1. The van der Waals surface area contributed by atoms with Crippen molar-refractivity contribution in [3.63, 3.8) is 0 Å². The molecule has 1 saturated carbocycles. The topological polar surface area (TPSA) is 57.7 Å². The number of carbonyl (C=O) groups is 1. The fourth-order valence-corrected chi connectivity index (χ4v) is 4.79. The predicted molar refractivity (Wildman–Crippen MR) is 111 cm³/mol. The van der Waals surface area contributed by atoms with Gasteiger partial charge in [-0.2, -0.15) is 0 Å². The van der Waals surface area contributed by atoms with Crippen LogP contribution in [0.25, 0.3) is 0 Å². The first-order chi connectivity index (χ1) is 13.7.